The zero-order valence-corrected chi connectivity index (χ0v) is 14.4. The van der Waals surface area contributed by atoms with Crippen LogP contribution in [0.4, 0.5) is 5.69 Å². The van der Waals surface area contributed by atoms with E-state index in [9.17, 15) is 9.59 Å². The molecule has 2 atom stereocenters. The summed E-state index contributed by atoms with van der Waals surface area (Å²) < 4.78 is 0. The molecule has 1 aliphatic carbocycles. The molecule has 0 bridgehead atoms. The first-order valence-electron chi connectivity index (χ1n) is 9.00. The van der Waals surface area contributed by atoms with E-state index < -0.39 is 0 Å². The molecule has 2 unspecified atom stereocenters. The Balaban J connectivity index is 1.33. The third-order valence-corrected chi connectivity index (χ3v) is 5.07. The lowest BCUT2D eigenvalue weighted by molar-refractivity contribution is -0.131. The van der Waals surface area contributed by atoms with E-state index in [1.165, 1.54) is 5.69 Å². The molecule has 5 heteroatoms. The second-order valence-corrected chi connectivity index (χ2v) is 6.92. The fraction of sp³-hybridized carbons (Fsp3) is 0.579. The standard InChI is InChI=1S/C19H27N3O2/c1-15-14-17(15)19(24)20-9-5-8-18(23)22-12-10-21(11-13-22)16-6-3-2-4-7-16/h2-4,6-7,15,17H,5,8-14H2,1H3,(H,20,24). The van der Waals surface area contributed by atoms with Gasteiger partial charge in [-0.25, -0.2) is 0 Å². The molecule has 2 aliphatic rings. The Morgan fingerprint density at radius 2 is 1.79 bits per heavy atom. The summed E-state index contributed by atoms with van der Waals surface area (Å²) in [5, 5.41) is 2.94. The lowest BCUT2D eigenvalue weighted by Crippen LogP contribution is -2.48. The summed E-state index contributed by atoms with van der Waals surface area (Å²) in [6.45, 7) is 6.03. The fourth-order valence-electron chi connectivity index (χ4n) is 3.28. The van der Waals surface area contributed by atoms with E-state index >= 15 is 0 Å². The van der Waals surface area contributed by atoms with Crippen molar-refractivity contribution in [1.82, 2.24) is 10.2 Å². The molecular formula is C19H27N3O2. The van der Waals surface area contributed by atoms with Crippen molar-refractivity contribution in [3.05, 3.63) is 30.3 Å². The maximum Gasteiger partial charge on any atom is 0.223 e. The van der Waals surface area contributed by atoms with Crippen LogP contribution in [0, 0.1) is 11.8 Å². The number of hydrogen-bond donors (Lipinski definition) is 1. The van der Waals surface area contributed by atoms with E-state index in [1.54, 1.807) is 0 Å². The Bertz CT molecular complexity index is 567. The summed E-state index contributed by atoms with van der Waals surface area (Å²) >= 11 is 0. The molecule has 1 heterocycles. The Hall–Kier alpha value is -2.04. The Morgan fingerprint density at radius 3 is 2.42 bits per heavy atom. The minimum Gasteiger partial charge on any atom is -0.368 e. The highest BCUT2D eigenvalue weighted by molar-refractivity contribution is 5.81. The number of carbonyl (C=O) groups excluding carboxylic acids is 2. The zero-order valence-electron chi connectivity index (χ0n) is 14.4. The third kappa shape index (κ3) is 4.28. The largest absolute Gasteiger partial charge is 0.368 e. The highest BCUT2D eigenvalue weighted by Crippen LogP contribution is 2.37. The predicted octanol–water partition coefficient (Wildman–Crippen LogP) is 1.89. The van der Waals surface area contributed by atoms with Gasteiger partial charge in [-0.05, 0) is 30.9 Å². The Morgan fingerprint density at radius 1 is 1.12 bits per heavy atom. The van der Waals surface area contributed by atoms with Crippen molar-refractivity contribution in [1.29, 1.82) is 0 Å². The number of benzene rings is 1. The number of rotatable bonds is 6. The Kier molecular flexibility index (Phi) is 5.38. The number of piperazine rings is 1. The van der Waals surface area contributed by atoms with Crippen molar-refractivity contribution in [2.24, 2.45) is 11.8 Å². The van der Waals surface area contributed by atoms with Gasteiger partial charge in [-0.1, -0.05) is 25.1 Å². The molecule has 24 heavy (non-hydrogen) atoms. The van der Waals surface area contributed by atoms with E-state index in [-0.39, 0.29) is 17.7 Å². The molecule has 3 rings (SSSR count). The number of nitrogens with zero attached hydrogens (tertiary/aromatic N) is 2. The Labute approximate surface area is 144 Å². The van der Waals surface area contributed by atoms with Gasteiger partial charge >= 0.3 is 0 Å². The first-order valence-corrected chi connectivity index (χ1v) is 9.00. The van der Waals surface area contributed by atoms with Gasteiger partial charge < -0.3 is 15.1 Å². The summed E-state index contributed by atoms with van der Waals surface area (Å²) in [7, 11) is 0. The molecule has 1 saturated heterocycles. The normalized spacial score (nSPS) is 23.0. The van der Waals surface area contributed by atoms with Gasteiger partial charge in [0.15, 0.2) is 0 Å². The predicted molar refractivity (Wildman–Crippen MR) is 94.7 cm³/mol. The van der Waals surface area contributed by atoms with Crippen LogP contribution in [0.5, 0.6) is 0 Å². The average Bonchev–Trinajstić information content (AvgIpc) is 3.36. The molecule has 2 fully saturated rings. The van der Waals surface area contributed by atoms with Crippen LogP contribution in [0.15, 0.2) is 30.3 Å². The maximum absolute atomic E-state index is 12.3. The van der Waals surface area contributed by atoms with E-state index in [0.717, 1.165) is 39.0 Å². The van der Waals surface area contributed by atoms with E-state index in [1.807, 2.05) is 23.1 Å². The van der Waals surface area contributed by atoms with Crippen LogP contribution in [0.25, 0.3) is 0 Å². The van der Waals surface area contributed by atoms with Gasteiger partial charge in [-0.15, -0.1) is 0 Å². The summed E-state index contributed by atoms with van der Waals surface area (Å²) in [5.41, 5.74) is 1.22. The van der Waals surface area contributed by atoms with Gasteiger partial charge in [0.05, 0.1) is 0 Å². The monoisotopic (exact) mass is 329 g/mol. The minimum atomic E-state index is 0.159. The van der Waals surface area contributed by atoms with Crippen LogP contribution in [0.3, 0.4) is 0 Å². The summed E-state index contributed by atoms with van der Waals surface area (Å²) in [5.74, 6) is 1.11. The minimum absolute atomic E-state index is 0.159. The number of amides is 2. The van der Waals surface area contributed by atoms with Gasteiger partial charge in [0, 0.05) is 50.7 Å². The van der Waals surface area contributed by atoms with Crippen LogP contribution >= 0.6 is 0 Å². The van der Waals surface area contributed by atoms with Gasteiger partial charge in [-0.2, -0.15) is 0 Å². The van der Waals surface area contributed by atoms with Gasteiger partial charge in [-0.3, -0.25) is 9.59 Å². The van der Waals surface area contributed by atoms with E-state index in [0.29, 0.717) is 18.9 Å². The molecule has 0 spiro atoms. The number of para-hydroxylation sites is 1. The summed E-state index contributed by atoms with van der Waals surface area (Å²) in [6, 6.07) is 10.3. The highest BCUT2D eigenvalue weighted by Gasteiger charge is 2.38. The van der Waals surface area contributed by atoms with E-state index in [4.69, 9.17) is 0 Å². The first-order chi connectivity index (χ1) is 11.6. The average molecular weight is 329 g/mol. The number of hydrogen-bond acceptors (Lipinski definition) is 3. The molecule has 0 radical (unpaired) electrons. The quantitative estimate of drug-likeness (QED) is 0.811. The van der Waals surface area contributed by atoms with Gasteiger partial charge in [0.2, 0.25) is 11.8 Å². The molecule has 2 amide bonds. The number of nitrogens with one attached hydrogen (secondary N) is 1. The second-order valence-electron chi connectivity index (χ2n) is 6.92. The highest BCUT2D eigenvalue weighted by atomic mass is 16.2. The third-order valence-electron chi connectivity index (χ3n) is 5.07. The lowest BCUT2D eigenvalue weighted by Gasteiger charge is -2.36. The van der Waals surface area contributed by atoms with Crippen molar-refractivity contribution in [2.45, 2.75) is 26.2 Å². The molecule has 5 nitrogen and oxygen atoms in total. The van der Waals surface area contributed by atoms with Crippen molar-refractivity contribution < 1.29 is 9.59 Å². The topological polar surface area (TPSA) is 52.7 Å². The van der Waals surface area contributed by atoms with Crippen LogP contribution < -0.4 is 10.2 Å². The maximum atomic E-state index is 12.3. The fourth-order valence-corrected chi connectivity index (χ4v) is 3.28. The second kappa shape index (κ2) is 7.69. The molecule has 1 aromatic carbocycles. The van der Waals surface area contributed by atoms with E-state index in [2.05, 4.69) is 29.3 Å². The smallest absolute Gasteiger partial charge is 0.223 e. The van der Waals surface area contributed by atoms with Crippen molar-refractivity contribution in [2.75, 3.05) is 37.6 Å². The van der Waals surface area contributed by atoms with Crippen molar-refractivity contribution >= 4 is 17.5 Å². The summed E-state index contributed by atoms with van der Waals surface area (Å²) in [4.78, 5) is 28.3. The van der Waals surface area contributed by atoms with Gasteiger partial charge in [0.25, 0.3) is 0 Å². The summed E-state index contributed by atoms with van der Waals surface area (Å²) in [6.07, 6.45) is 2.26. The molecule has 1 N–H and O–H groups in total. The zero-order chi connectivity index (χ0) is 16.9. The molecule has 1 saturated carbocycles. The molecule has 130 valence electrons. The lowest BCUT2D eigenvalue weighted by atomic mass is 10.2. The number of carbonyl (C=O) groups is 2. The SMILES string of the molecule is CC1CC1C(=O)NCCCC(=O)N1CCN(c2ccccc2)CC1. The first kappa shape index (κ1) is 16.8. The van der Waals surface area contributed by atoms with Crippen LogP contribution in [-0.4, -0.2) is 49.4 Å². The van der Waals surface area contributed by atoms with Crippen LogP contribution in [0.2, 0.25) is 0 Å². The molecular weight excluding hydrogens is 302 g/mol. The molecule has 1 aromatic rings. The molecule has 0 aromatic heterocycles. The molecule has 1 aliphatic heterocycles. The van der Waals surface area contributed by atoms with Crippen molar-refractivity contribution in [3.8, 4) is 0 Å². The number of anilines is 1. The van der Waals surface area contributed by atoms with Crippen LogP contribution in [-0.2, 0) is 9.59 Å². The van der Waals surface area contributed by atoms with Gasteiger partial charge in [0.1, 0.15) is 0 Å². The van der Waals surface area contributed by atoms with Crippen molar-refractivity contribution in [3.63, 3.8) is 0 Å². The van der Waals surface area contributed by atoms with Crippen LogP contribution in [0.1, 0.15) is 26.2 Å².